The first-order chi connectivity index (χ1) is 14.2. The molecule has 2 aromatic carbocycles. The molecule has 3 heterocycles. The van der Waals surface area contributed by atoms with E-state index < -0.39 is 5.97 Å². The van der Waals surface area contributed by atoms with Crippen LogP contribution in [0.15, 0.2) is 75.5 Å². The first kappa shape index (κ1) is 18.0. The maximum atomic E-state index is 11.2. The van der Waals surface area contributed by atoms with E-state index in [0.717, 1.165) is 30.9 Å². The molecule has 6 nitrogen and oxygen atoms in total. The van der Waals surface area contributed by atoms with Gasteiger partial charge in [0.25, 0.3) is 0 Å². The van der Waals surface area contributed by atoms with Crippen molar-refractivity contribution in [2.24, 2.45) is 0 Å². The molecule has 0 amide bonds. The summed E-state index contributed by atoms with van der Waals surface area (Å²) in [6.07, 6.45) is 0. The van der Waals surface area contributed by atoms with E-state index in [1.165, 1.54) is 23.1 Å². The number of hydrogen-bond donors (Lipinski definition) is 1. The lowest BCUT2D eigenvalue weighted by molar-refractivity contribution is 0.0697. The molecule has 1 N–H and O–H groups in total. The van der Waals surface area contributed by atoms with Gasteiger partial charge in [-0.05, 0) is 53.5 Å². The van der Waals surface area contributed by atoms with Crippen LogP contribution in [0.2, 0.25) is 0 Å². The number of benzene rings is 2. The Kier molecular flexibility index (Phi) is 4.62. The summed E-state index contributed by atoms with van der Waals surface area (Å²) < 4.78 is 3.63. The predicted octanol–water partition coefficient (Wildman–Crippen LogP) is 5.45. The Hall–Kier alpha value is -3.01. The van der Waals surface area contributed by atoms with E-state index in [2.05, 4.69) is 15.2 Å². The van der Waals surface area contributed by atoms with Crippen molar-refractivity contribution in [3.05, 3.63) is 71.6 Å². The molecular weight excluding hydrogens is 424 g/mol. The van der Waals surface area contributed by atoms with Crippen LogP contribution < -0.4 is 0 Å². The monoisotopic (exact) mass is 436 g/mol. The molecule has 5 aromatic rings. The Balaban J connectivity index is 1.58. The smallest absolute Gasteiger partial charge is 0.335 e. The number of thiophene rings is 1. The third kappa shape index (κ3) is 3.44. The first-order valence-electron chi connectivity index (χ1n) is 8.55. The van der Waals surface area contributed by atoms with Crippen molar-refractivity contribution in [2.75, 3.05) is 0 Å². The lowest BCUT2D eigenvalue weighted by Crippen LogP contribution is -1.98. The van der Waals surface area contributed by atoms with E-state index in [1.807, 2.05) is 52.4 Å². The number of carboxylic acid groups (broad SMARTS) is 1. The molecule has 0 atom stereocenters. The molecule has 29 heavy (non-hydrogen) atoms. The van der Waals surface area contributed by atoms with Gasteiger partial charge < -0.3 is 5.11 Å². The molecule has 0 radical (unpaired) electrons. The van der Waals surface area contributed by atoms with Gasteiger partial charge in [-0.15, -0.1) is 32.9 Å². The highest BCUT2D eigenvalue weighted by atomic mass is 32.2. The number of para-hydroxylation sites is 1. The predicted molar refractivity (Wildman–Crippen MR) is 115 cm³/mol. The van der Waals surface area contributed by atoms with Gasteiger partial charge in [-0.1, -0.05) is 24.3 Å². The van der Waals surface area contributed by atoms with Gasteiger partial charge in [0.15, 0.2) is 10.2 Å². The van der Waals surface area contributed by atoms with Gasteiger partial charge in [0.05, 0.1) is 20.7 Å². The summed E-state index contributed by atoms with van der Waals surface area (Å²) in [6, 6.07) is 18.9. The Morgan fingerprint density at radius 2 is 1.90 bits per heavy atom. The van der Waals surface area contributed by atoms with Gasteiger partial charge in [0, 0.05) is 5.69 Å². The fourth-order valence-electron chi connectivity index (χ4n) is 2.87. The fourth-order valence-corrected chi connectivity index (χ4v) is 5.63. The second-order valence-corrected chi connectivity index (χ2v) is 9.22. The minimum Gasteiger partial charge on any atom is -0.478 e. The highest BCUT2D eigenvalue weighted by Crippen LogP contribution is 2.37. The van der Waals surface area contributed by atoms with Gasteiger partial charge in [0.1, 0.15) is 0 Å². The van der Waals surface area contributed by atoms with Crippen LogP contribution in [-0.2, 0) is 0 Å². The number of rotatable bonds is 5. The molecule has 5 rings (SSSR count). The average molecular weight is 437 g/mol. The van der Waals surface area contributed by atoms with E-state index >= 15 is 0 Å². The minimum absolute atomic E-state index is 0.255. The number of hydrogen-bond acceptors (Lipinski definition) is 7. The zero-order chi connectivity index (χ0) is 19.8. The van der Waals surface area contributed by atoms with Crippen molar-refractivity contribution in [2.45, 2.75) is 9.50 Å². The number of thiazole rings is 1. The first-order valence-corrected chi connectivity index (χ1v) is 11.1. The molecule has 0 aliphatic carbocycles. The quantitative estimate of drug-likeness (QED) is 0.394. The number of carbonyl (C=O) groups is 1. The van der Waals surface area contributed by atoms with Gasteiger partial charge in [-0.3, -0.25) is 4.57 Å². The number of carboxylic acids is 1. The summed E-state index contributed by atoms with van der Waals surface area (Å²) in [6.45, 7) is 0. The molecule has 0 saturated heterocycles. The van der Waals surface area contributed by atoms with Gasteiger partial charge in [-0.2, -0.15) is 0 Å². The van der Waals surface area contributed by atoms with Crippen molar-refractivity contribution in [3.8, 4) is 16.4 Å². The second-order valence-electron chi connectivity index (χ2n) is 6.02. The highest BCUT2D eigenvalue weighted by molar-refractivity contribution is 8.01. The standard InChI is InChI=1S/C20H12N4O2S3/c25-18(26)12-8-9-14-16(11-12)28-20(21-14)29-19-23-22-17(15-7-4-10-27-15)24(19)13-5-2-1-3-6-13/h1-11H,(H,25,26). The maximum Gasteiger partial charge on any atom is 0.335 e. The molecule has 0 saturated carbocycles. The van der Waals surface area contributed by atoms with Gasteiger partial charge in [-0.25, -0.2) is 9.78 Å². The largest absolute Gasteiger partial charge is 0.478 e. The third-order valence-electron chi connectivity index (χ3n) is 4.18. The zero-order valence-electron chi connectivity index (χ0n) is 14.7. The Bertz CT molecular complexity index is 1310. The normalized spacial score (nSPS) is 11.2. The summed E-state index contributed by atoms with van der Waals surface area (Å²) in [4.78, 5) is 16.9. The molecule has 142 valence electrons. The molecule has 0 unspecified atom stereocenters. The fraction of sp³-hybridized carbons (Fsp3) is 0. The van der Waals surface area contributed by atoms with Crippen LogP contribution in [0.3, 0.4) is 0 Å². The van der Waals surface area contributed by atoms with E-state index in [0.29, 0.717) is 5.16 Å². The summed E-state index contributed by atoms with van der Waals surface area (Å²) in [5.74, 6) is -0.165. The summed E-state index contributed by atoms with van der Waals surface area (Å²) >= 11 is 4.48. The SMILES string of the molecule is O=C(O)c1ccc2nc(Sc3nnc(-c4cccs4)n3-c3ccccc3)sc2c1. The van der Waals surface area contributed by atoms with Crippen molar-refractivity contribution in [1.82, 2.24) is 19.7 Å². The highest BCUT2D eigenvalue weighted by Gasteiger charge is 2.19. The van der Waals surface area contributed by atoms with Crippen LogP contribution in [0.1, 0.15) is 10.4 Å². The van der Waals surface area contributed by atoms with Crippen LogP contribution in [0.4, 0.5) is 0 Å². The summed E-state index contributed by atoms with van der Waals surface area (Å²) in [5.41, 5.74) is 1.99. The van der Waals surface area contributed by atoms with Crippen LogP contribution >= 0.6 is 34.4 Å². The molecule has 0 bridgehead atoms. The number of aromatic nitrogens is 4. The van der Waals surface area contributed by atoms with Crippen molar-refractivity contribution < 1.29 is 9.90 Å². The average Bonchev–Trinajstić information content (AvgIpc) is 3.47. The van der Waals surface area contributed by atoms with Gasteiger partial charge in [0.2, 0.25) is 5.16 Å². The van der Waals surface area contributed by atoms with Crippen LogP contribution in [0.25, 0.3) is 26.6 Å². The Labute approximate surface area is 177 Å². The number of fused-ring (bicyclic) bond motifs is 1. The van der Waals surface area contributed by atoms with Gasteiger partial charge >= 0.3 is 5.97 Å². The van der Waals surface area contributed by atoms with E-state index in [4.69, 9.17) is 0 Å². The van der Waals surface area contributed by atoms with E-state index in [1.54, 1.807) is 29.5 Å². The molecule has 0 aliphatic rings. The molecule has 9 heteroatoms. The van der Waals surface area contributed by atoms with Crippen molar-refractivity contribution >= 4 is 50.6 Å². The lowest BCUT2D eigenvalue weighted by Gasteiger charge is -2.08. The summed E-state index contributed by atoms with van der Waals surface area (Å²) in [7, 11) is 0. The van der Waals surface area contributed by atoms with E-state index in [-0.39, 0.29) is 5.56 Å². The third-order valence-corrected chi connectivity index (χ3v) is 7.07. The minimum atomic E-state index is -0.945. The maximum absolute atomic E-state index is 11.2. The molecule has 0 fully saturated rings. The molecule has 0 spiro atoms. The number of nitrogens with zero attached hydrogens (tertiary/aromatic N) is 4. The zero-order valence-corrected chi connectivity index (χ0v) is 17.2. The van der Waals surface area contributed by atoms with Crippen LogP contribution in [0, 0.1) is 0 Å². The molecule has 3 aromatic heterocycles. The summed E-state index contributed by atoms with van der Waals surface area (Å²) in [5, 5.41) is 20.8. The van der Waals surface area contributed by atoms with Crippen molar-refractivity contribution in [3.63, 3.8) is 0 Å². The lowest BCUT2D eigenvalue weighted by atomic mass is 10.2. The van der Waals surface area contributed by atoms with Crippen molar-refractivity contribution in [1.29, 1.82) is 0 Å². The molecular formula is C20H12N4O2S3. The topological polar surface area (TPSA) is 80.9 Å². The number of aromatic carboxylic acids is 1. The Morgan fingerprint density at radius 1 is 1.03 bits per heavy atom. The molecule has 0 aliphatic heterocycles. The second kappa shape index (κ2) is 7.43. The van der Waals surface area contributed by atoms with E-state index in [9.17, 15) is 9.90 Å². The van der Waals surface area contributed by atoms with Crippen LogP contribution in [-0.4, -0.2) is 30.8 Å². The van der Waals surface area contributed by atoms with Crippen LogP contribution in [0.5, 0.6) is 0 Å². The Morgan fingerprint density at radius 3 is 2.66 bits per heavy atom.